The van der Waals surface area contributed by atoms with Crippen LogP contribution in [-0.2, 0) is 6.54 Å². The van der Waals surface area contributed by atoms with Crippen molar-refractivity contribution in [3.05, 3.63) is 24.0 Å². The molecule has 1 aromatic heterocycles. The molecule has 4 heteroatoms. The Morgan fingerprint density at radius 2 is 2.29 bits per heavy atom. The molecule has 0 saturated carbocycles. The van der Waals surface area contributed by atoms with E-state index in [1.165, 1.54) is 6.42 Å². The van der Waals surface area contributed by atoms with E-state index in [1.807, 2.05) is 12.1 Å². The molecule has 1 atom stereocenters. The summed E-state index contributed by atoms with van der Waals surface area (Å²) in [5.74, 6) is 0. The number of piperazine rings is 1. The Balaban J connectivity index is 1.95. The van der Waals surface area contributed by atoms with Crippen molar-refractivity contribution in [3.8, 4) is 0 Å². The zero-order valence-electron chi connectivity index (χ0n) is 10.8. The van der Waals surface area contributed by atoms with E-state index in [2.05, 4.69) is 28.8 Å². The van der Waals surface area contributed by atoms with Gasteiger partial charge in [0.05, 0.1) is 5.69 Å². The fraction of sp³-hybridized carbons (Fsp3) is 0.615. The van der Waals surface area contributed by atoms with Crippen molar-refractivity contribution < 1.29 is 0 Å². The number of hydrogen-bond donors (Lipinski definition) is 1. The van der Waals surface area contributed by atoms with Crippen LogP contribution in [0.2, 0.25) is 0 Å². The van der Waals surface area contributed by atoms with Crippen LogP contribution in [0.4, 0.5) is 5.69 Å². The highest BCUT2D eigenvalue weighted by Gasteiger charge is 2.22. The van der Waals surface area contributed by atoms with Crippen molar-refractivity contribution in [1.29, 1.82) is 0 Å². The minimum atomic E-state index is 0.671. The maximum Gasteiger partial charge on any atom is 0.0564 e. The molecule has 0 radical (unpaired) electrons. The summed E-state index contributed by atoms with van der Waals surface area (Å²) in [5, 5.41) is 0. The molecule has 0 aromatic carbocycles. The lowest BCUT2D eigenvalue weighted by Crippen LogP contribution is -2.50. The Morgan fingerprint density at radius 1 is 1.47 bits per heavy atom. The molecule has 2 heterocycles. The van der Waals surface area contributed by atoms with Gasteiger partial charge in [0.1, 0.15) is 0 Å². The fourth-order valence-corrected chi connectivity index (χ4v) is 2.41. The monoisotopic (exact) mass is 234 g/mol. The Hall–Kier alpha value is -1.13. The first-order valence-electron chi connectivity index (χ1n) is 6.32. The minimum absolute atomic E-state index is 0.671. The summed E-state index contributed by atoms with van der Waals surface area (Å²) in [6.07, 6.45) is 3.00. The van der Waals surface area contributed by atoms with Crippen molar-refractivity contribution in [2.75, 3.05) is 32.4 Å². The number of hydrogen-bond acceptors (Lipinski definition) is 4. The second-order valence-electron chi connectivity index (χ2n) is 4.86. The molecular weight excluding hydrogens is 212 g/mol. The maximum absolute atomic E-state index is 5.77. The van der Waals surface area contributed by atoms with E-state index in [0.29, 0.717) is 6.04 Å². The number of anilines is 1. The molecule has 1 unspecified atom stereocenters. The first-order chi connectivity index (χ1) is 8.19. The van der Waals surface area contributed by atoms with E-state index in [4.69, 9.17) is 5.73 Å². The SMILES string of the molecule is CCC1CN(Cc2cc(N)ccn2)CCN1C. The van der Waals surface area contributed by atoms with Gasteiger partial charge in [-0.05, 0) is 25.6 Å². The second kappa shape index (κ2) is 5.47. The molecule has 1 fully saturated rings. The molecule has 1 aliphatic heterocycles. The van der Waals surface area contributed by atoms with Crippen LogP contribution in [0.15, 0.2) is 18.3 Å². The minimum Gasteiger partial charge on any atom is -0.399 e. The van der Waals surface area contributed by atoms with Crippen LogP contribution in [0.5, 0.6) is 0 Å². The predicted octanol–water partition coefficient (Wildman–Crippen LogP) is 1.19. The number of rotatable bonds is 3. The van der Waals surface area contributed by atoms with Crippen molar-refractivity contribution in [1.82, 2.24) is 14.8 Å². The third-order valence-corrected chi connectivity index (χ3v) is 3.56. The van der Waals surface area contributed by atoms with Gasteiger partial charge in [-0.3, -0.25) is 9.88 Å². The lowest BCUT2D eigenvalue weighted by atomic mass is 10.1. The molecule has 94 valence electrons. The molecule has 0 bridgehead atoms. The van der Waals surface area contributed by atoms with Gasteiger partial charge in [0, 0.05) is 44.1 Å². The van der Waals surface area contributed by atoms with Crippen LogP contribution >= 0.6 is 0 Å². The van der Waals surface area contributed by atoms with Gasteiger partial charge < -0.3 is 10.6 Å². The lowest BCUT2D eigenvalue weighted by molar-refractivity contribution is 0.0875. The highest BCUT2D eigenvalue weighted by atomic mass is 15.3. The van der Waals surface area contributed by atoms with E-state index in [0.717, 1.165) is 37.6 Å². The molecule has 0 spiro atoms. The molecule has 1 aromatic rings. The van der Waals surface area contributed by atoms with Crippen LogP contribution < -0.4 is 5.73 Å². The van der Waals surface area contributed by atoms with Gasteiger partial charge in [-0.15, -0.1) is 0 Å². The van der Waals surface area contributed by atoms with Crippen molar-refractivity contribution in [2.45, 2.75) is 25.9 Å². The van der Waals surface area contributed by atoms with Crippen LogP contribution in [0.1, 0.15) is 19.0 Å². The topological polar surface area (TPSA) is 45.4 Å². The summed E-state index contributed by atoms with van der Waals surface area (Å²) >= 11 is 0. The molecule has 17 heavy (non-hydrogen) atoms. The lowest BCUT2D eigenvalue weighted by Gasteiger charge is -2.39. The third-order valence-electron chi connectivity index (χ3n) is 3.56. The van der Waals surface area contributed by atoms with E-state index in [-0.39, 0.29) is 0 Å². The average Bonchev–Trinajstić information content (AvgIpc) is 2.32. The van der Waals surface area contributed by atoms with E-state index in [9.17, 15) is 0 Å². The molecule has 2 rings (SSSR count). The van der Waals surface area contributed by atoms with Crippen molar-refractivity contribution in [3.63, 3.8) is 0 Å². The molecule has 2 N–H and O–H groups in total. The molecule has 1 aliphatic rings. The summed E-state index contributed by atoms with van der Waals surface area (Å²) < 4.78 is 0. The Morgan fingerprint density at radius 3 is 3.00 bits per heavy atom. The fourth-order valence-electron chi connectivity index (χ4n) is 2.41. The largest absolute Gasteiger partial charge is 0.399 e. The Bertz CT molecular complexity index is 366. The van der Waals surface area contributed by atoms with Crippen LogP contribution in [-0.4, -0.2) is 47.5 Å². The average molecular weight is 234 g/mol. The molecule has 0 aliphatic carbocycles. The van der Waals surface area contributed by atoms with Gasteiger partial charge in [-0.25, -0.2) is 0 Å². The number of pyridine rings is 1. The third kappa shape index (κ3) is 3.17. The van der Waals surface area contributed by atoms with Gasteiger partial charge in [-0.2, -0.15) is 0 Å². The molecule has 1 saturated heterocycles. The number of nitrogens with two attached hydrogens (primary N) is 1. The van der Waals surface area contributed by atoms with Crippen LogP contribution in [0.25, 0.3) is 0 Å². The summed E-state index contributed by atoms with van der Waals surface area (Å²) in [5.41, 5.74) is 7.65. The summed E-state index contributed by atoms with van der Waals surface area (Å²) in [6.45, 7) is 6.55. The number of aromatic nitrogens is 1. The van der Waals surface area contributed by atoms with Crippen molar-refractivity contribution >= 4 is 5.69 Å². The summed E-state index contributed by atoms with van der Waals surface area (Å²) in [6, 6.07) is 4.48. The summed E-state index contributed by atoms with van der Waals surface area (Å²) in [7, 11) is 2.21. The first-order valence-corrected chi connectivity index (χ1v) is 6.32. The van der Waals surface area contributed by atoms with E-state index in [1.54, 1.807) is 6.20 Å². The van der Waals surface area contributed by atoms with Gasteiger partial charge in [0.25, 0.3) is 0 Å². The molecule has 4 nitrogen and oxygen atoms in total. The highest BCUT2D eigenvalue weighted by molar-refractivity contribution is 5.37. The Labute approximate surface area is 103 Å². The maximum atomic E-state index is 5.77. The predicted molar refractivity (Wildman–Crippen MR) is 70.6 cm³/mol. The van der Waals surface area contributed by atoms with Gasteiger partial charge in [0.2, 0.25) is 0 Å². The first kappa shape index (κ1) is 12.3. The molecular formula is C13H22N4. The van der Waals surface area contributed by atoms with Crippen LogP contribution in [0, 0.1) is 0 Å². The quantitative estimate of drug-likeness (QED) is 0.853. The van der Waals surface area contributed by atoms with Crippen LogP contribution in [0.3, 0.4) is 0 Å². The second-order valence-corrected chi connectivity index (χ2v) is 4.86. The number of nitrogens with zero attached hydrogens (tertiary/aromatic N) is 3. The van der Waals surface area contributed by atoms with Gasteiger partial charge in [-0.1, -0.05) is 6.92 Å². The smallest absolute Gasteiger partial charge is 0.0564 e. The number of likely N-dealkylation sites (N-methyl/N-ethyl adjacent to an activating group) is 1. The van der Waals surface area contributed by atoms with E-state index < -0.39 is 0 Å². The van der Waals surface area contributed by atoms with E-state index >= 15 is 0 Å². The standard InChI is InChI=1S/C13H22N4/c1-3-13-10-17(7-6-16(13)2)9-12-8-11(14)4-5-15-12/h4-5,8,13H,3,6-7,9-10H2,1-2H3,(H2,14,15). The van der Waals surface area contributed by atoms with Gasteiger partial charge >= 0.3 is 0 Å². The van der Waals surface area contributed by atoms with Gasteiger partial charge in [0.15, 0.2) is 0 Å². The Kier molecular flexibility index (Phi) is 3.97. The zero-order valence-corrected chi connectivity index (χ0v) is 10.8. The number of nitrogen functional groups attached to an aromatic ring is 1. The van der Waals surface area contributed by atoms with Crippen molar-refractivity contribution in [2.24, 2.45) is 0 Å². The zero-order chi connectivity index (χ0) is 12.3. The molecule has 0 amide bonds. The normalized spacial score (nSPS) is 22.8. The highest BCUT2D eigenvalue weighted by Crippen LogP contribution is 2.13. The summed E-state index contributed by atoms with van der Waals surface area (Å²) in [4.78, 5) is 9.28.